The second-order valence-electron chi connectivity index (χ2n) is 4.28. The number of aromatic nitrogens is 2. The van der Waals surface area contributed by atoms with E-state index in [4.69, 9.17) is 0 Å². The van der Waals surface area contributed by atoms with Crippen molar-refractivity contribution in [3.63, 3.8) is 0 Å². The first-order valence-corrected chi connectivity index (χ1v) is 7.32. The molecule has 0 aliphatic rings. The minimum Gasteiger partial charge on any atom is -0.464 e. The largest absolute Gasteiger partial charge is 0.464 e. The van der Waals surface area contributed by atoms with E-state index in [9.17, 15) is 4.79 Å². The molecule has 1 atom stereocenters. The lowest BCUT2D eigenvalue weighted by Crippen LogP contribution is -2.13. The van der Waals surface area contributed by atoms with Crippen LogP contribution in [0.3, 0.4) is 0 Å². The van der Waals surface area contributed by atoms with E-state index in [0.717, 1.165) is 12.8 Å². The first-order chi connectivity index (χ1) is 9.74. The van der Waals surface area contributed by atoms with E-state index >= 15 is 0 Å². The number of carbonyl (C=O) groups is 1. The summed E-state index contributed by atoms with van der Waals surface area (Å²) < 4.78 is 4.65. The van der Waals surface area contributed by atoms with Gasteiger partial charge in [0.2, 0.25) is 0 Å². The van der Waals surface area contributed by atoms with Crippen LogP contribution in [-0.4, -0.2) is 23.0 Å². The molecule has 0 amide bonds. The Morgan fingerprint density at radius 1 is 1.50 bits per heavy atom. The molecule has 0 aliphatic heterocycles. The number of anilines is 1. The van der Waals surface area contributed by atoms with Gasteiger partial charge in [-0.05, 0) is 17.9 Å². The molecule has 2 aromatic heterocycles. The lowest BCUT2D eigenvalue weighted by atomic mass is 10.1. The number of esters is 1. The van der Waals surface area contributed by atoms with Crippen molar-refractivity contribution in [3.8, 4) is 0 Å². The van der Waals surface area contributed by atoms with Gasteiger partial charge in [-0.3, -0.25) is 4.98 Å². The van der Waals surface area contributed by atoms with Crippen LogP contribution < -0.4 is 5.32 Å². The van der Waals surface area contributed by atoms with Crippen LogP contribution in [-0.2, 0) is 4.74 Å². The third-order valence-electron chi connectivity index (χ3n) is 2.82. The first-order valence-electron chi connectivity index (χ1n) is 6.45. The van der Waals surface area contributed by atoms with Crippen molar-refractivity contribution < 1.29 is 9.53 Å². The summed E-state index contributed by atoms with van der Waals surface area (Å²) in [4.78, 5) is 21.0. The molecule has 6 heteroatoms. The van der Waals surface area contributed by atoms with Gasteiger partial charge in [0.1, 0.15) is 5.82 Å². The lowest BCUT2D eigenvalue weighted by Gasteiger charge is -2.17. The van der Waals surface area contributed by atoms with Gasteiger partial charge in [0, 0.05) is 4.88 Å². The van der Waals surface area contributed by atoms with E-state index < -0.39 is 5.97 Å². The Morgan fingerprint density at radius 3 is 3.00 bits per heavy atom. The maximum atomic E-state index is 11.5. The fourth-order valence-electron chi connectivity index (χ4n) is 1.88. The zero-order valence-corrected chi connectivity index (χ0v) is 12.3. The second-order valence-corrected chi connectivity index (χ2v) is 5.26. The highest BCUT2D eigenvalue weighted by Crippen LogP contribution is 2.26. The van der Waals surface area contributed by atoms with Gasteiger partial charge in [-0.25, -0.2) is 9.78 Å². The van der Waals surface area contributed by atoms with E-state index in [1.807, 2.05) is 6.07 Å². The second kappa shape index (κ2) is 7.00. The summed E-state index contributed by atoms with van der Waals surface area (Å²) in [6, 6.07) is 4.30. The molecule has 2 aromatic rings. The van der Waals surface area contributed by atoms with Crippen molar-refractivity contribution in [2.45, 2.75) is 25.8 Å². The van der Waals surface area contributed by atoms with Gasteiger partial charge in [-0.15, -0.1) is 11.3 Å². The topological polar surface area (TPSA) is 64.1 Å². The number of nitrogens with zero attached hydrogens (tertiary/aromatic N) is 2. The van der Waals surface area contributed by atoms with E-state index in [0.29, 0.717) is 5.82 Å². The number of carbonyl (C=O) groups excluding carboxylic acids is 1. The van der Waals surface area contributed by atoms with Crippen LogP contribution in [0.25, 0.3) is 0 Å². The van der Waals surface area contributed by atoms with Crippen LogP contribution in [0.15, 0.2) is 29.9 Å². The molecule has 0 saturated heterocycles. The maximum Gasteiger partial charge on any atom is 0.358 e. The smallest absolute Gasteiger partial charge is 0.358 e. The fraction of sp³-hybridized carbons (Fsp3) is 0.357. The van der Waals surface area contributed by atoms with Gasteiger partial charge in [0.05, 0.1) is 25.5 Å². The van der Waals surface area contributed by atoms with Crippen molar-refractivity contribution in [2.24, 2.45) is 0 Å². The van der Waals surface area contributed by atoms with Gasteiger partial charge >= 0.3 is 5.97 Å². The van der Waals surface area contributed by atoms with Crippen LogP contribution in [0, 0.1) is 0 Å². The standard InChI is InChI=1S/C14H17N3O2S/c1-3-5-10(12-6-4-7-20-12)16-13-9-15-8-11(17-13)14(18)19-2/h4,6-10H,3,5H2,1-2H3,(H,16,17). The van der Waals surface area contributed by atoms with Gasteiger partial charge in [0.25, 0.3) is 0 Å². The molecule has 5 nitrogen and oxygen atoms in total. The quantitative estimate of drug-likeness (QED) is 0.827. The van der Waals surface area contributed by atoms with Crippen LogP contribution in [0.5, 0.6) is 0 Å². The van der Waals surface area contributed by atoms with Gasteiger partial charge in [-0.1, -0.05) is 19.4 Å². The van der Waals surface area contributed by atoms with Crippen molar-refractivity contribution in [3.05, 3.63) is 40.5 Å². The van der Waals surface area contributed by atoms with E-state index in [1.165, 1.54) is 18.2 Å². The summed E-state index contributed by atoms with van der Waals surface area (Å²) >= 11 is 1.70. The first kappa shape index (κ1) is 14.5. The number of thiophene rings is 1. The Morgan fingerprint density at radius 2 is 2.35 bits per heavy atom. The average molecular weight is 291 g/mol. The molecule has 0 fully saturated rings. The molecule has 1 N–H and O–H groups in total. The molecule has 0 saturated carbocycles. The van der Waals surface area contributed by atoms with Crippen LogP contribution in [0.2, 0.25) is 0 Å². The molecular formula is C14H17N3O2S. The zero-order valence-electron chi connectivity index (χ0n) is 11.5. The highest BCUT2D eigenvalue weighted by Gasteiger charge is 2.14. The predicted molar refractivity (Wildman–Crippen MR) is 79.0 cm³/mol. The van der Waals surface area contributed by atoms with Crippen LogP contribution in [0.1, 0.15) is 41.2 Å². The summed E-state index contributed by atoms with van der Waals surface area (Å²) in [5.41, 5.74) is 0.207. The number of ether oxygens (including phenoxy) is 1. The molecule has 0 bridgehead atoms. The van der Waals surface area contributed by atoms with Crippen molar-refractivity contribution in [1.29, 1.82) is 0 Å². The SMILES string of the molecule is CCCC(Nc1cncc(C(=O)OC)n1)c1cccs1. The Hall–Kier alpha value is -1.95. The van der Waals surface area contributed by atoms with Crippen molar-refractivity contribution in [2.75, 3.05) is 12.4 Å². The van der Waals surface area contributed by atoms with E-state index in [2.05, 4.69) is 38.4 Å². The lowest BCUT2D eigenvalue weighted by molar-refractivity contribution is 0.0593. The minimum atomic E-state index is -0.482. The third-order valence-corrected chi connectivity index (χ3v) is 3.80. The number of methoxy groups -OCH3 is 1. The molecule has 106 valence electrons. The number of nitrogens with one attached hydrogen (secondary N) is 1. The van der Waals surface area contributed by atoms with Gasteiger partial charge < -0.3 is 10.1 Å². The van der Waals surface area contributed by atoms with Crippen LogP contribution in [0.4, 0.5) is 5.82 Å². The summed E-state index contributed by atoms with van der Waals surface area (Å²) in [6.45, 7) is 2.14. The molecule has 0 radical (unpaired) electrons. The van der Waals surface area contributed by atoms with Crippen LogP contribution >= 0.6 is 11.3 Å². The normalized spacial score (nSPS) is 11.9. The van der Waals surface area contributed by atoms with Crippen molar-refractivity contribution >= 4 is 23.1 Å². The highest BCUT2D eigenvalue weighted by atomic mass is 32.1. The summed E-state index contributed by atoms with van der Waals surface area (Å²) in [5.74, 6) is 0.101. The highest BCUT2D eigenvalue weighted by molar-refractivity contribution is 7.10. The van der Waals surface area contributed by atoms with Crippen molar-refractivity contribution in [1.82, 2.24) is 9.97 Å². The Kier molecular flexibility index (Phi) is 5.06. The predicted octanol–water partition coefficient (Wildman–Crippen LogP) is 3.28. The Bertz CT molecular complexity index is 557. The number of hydrogen-bond acceptors (Lipinski definition) is 6. The molecular weight excluding hydrogens is 274 g/mol. The van der Waals surface area contributed by atoms with Gasteiger partial charge in [0.15, 0.2) is 5.69 Å². The molecule has 2 rings (SSSR count). The summed E-state index contributed by atoms with van der Waals surface area (Å²) in [5, 5.41) is 5.38. The Labute approximate surface area is 122 Å². The number of rotatable bonds is 6. The van der Waals surface area contributed by atoms with E-state index in [1.54, 1.807) is 17.5 Å². The zero-order chi connectivity index (χ0) is 14.4. The molecule has 20 heavy (non-hydrogen) atoms. The van der Waals surface area contributed by atoms with E-state index in [-0.39, 0.29) is 11.7 Å². The molecule has 1 unspecified atom stereocenters. The maximum absolute atomic E-state index is 11.5. The average Bonchev–Trinajstić information content (AvgIpc) is 3.00. The molecule has 0 aliphatic carbocycles. The van der Waals surface area contributed by atoms with Gasteiger partial charge in [-0.2, -0.15) is 0 Å². The summed E-state index contributed by atoms with van der Waals surface area (Å²) in [7, 11) is 1.33. The monoisotopic (exact) mass is 291 g/mol. The molecule has 0 spiro atoms. The summed E-state index contributed by atoms with van der Waals surface area (Å²) in [6.07, 6.45) is 5.06. The third kappa shape index (κ3) is 3.54. The minimum absolute atomic E-state index is 0.183. The number of hydrogen-bond donors (Lipinski definition) is 1. The molecule has 0 aromatic carbocycles. The Balaban J connectivity index is 2.16. The molecule has 2 heterocycles. The fourth-order valence-corrected chi connectivity index (χ4v) is 2.69.